The van der Waals surface area contributed by atoms with Crippen LogP contribution < -0.4 is 10.5 Å². The molecule has 1 atom stereocenters. The molecule has 1 heterocycles. The van der Waals surface area contributed by atoms with Crippen LogP contribution in [0.25, 0.3) is 0 Å². The van der Waals surface area contributed by atoms with Gasteiger partial charge >= 0.3 is 0 Å². The van der Waals surface area contributed by atoms with Crippen molar-refractivity contribution in [2.24, 2.45) is 0 Å². The maximum absolute atomic E-state index is 12.4. The van der Waals surface area contributed by atoms with Crippen LogP contribution in [0, 0.1) is 13.8 Å². The van der Waals surface area contributed by atoms with Crippen LogP contribution in [0.4, 0.5) is 5.69 Å². The lowest BCUT2D eigenvalue weighted by Crippen LogP contribution is -2.35. The summed E-state index contributed by atoms with van der Waals surface area (Å²) < 4.78 is 50.8. The molecule has 1 aliphatic rings. The number of benzene rings is 1. The molecule has 1 unspecified atom stereocenters. The fourth-order valence-corrected chi connectivity index (χ4v) is 6.07. The van der Waals surface area contributed by atoms with Gasteiger partial charge in [-0.3, -0.25) is 0 Å². The molecule has 118 valence electrons. The molecule has 1 fully saturated rings. The molecule has 0 radical (unpaired) electrons. The van der Waals surface area contributed by atoms with Crippen molar-refractivity contribution in [2.75, 3.05) is 18.0 Å². The zero-order chi connectivity index (χ0) is 15.8. The normalized spacial score (nSPS) is 21.5. The highest BCUT2D eigenvalue weighted by Crippen LogP contribution is 2.25. The molecular formula is C13H20N2O4S2. The first kappa shape index (κ1) is 16.3. The highest BCUT2D eigenvalue weighted by Gasteiger charge is 2.32. The zero-order valence-corrected chi connectivity index (χ0v) is 13.7. The van der Waals surface area contributed by atoms with E-state index in [-0.39, 0.29) is 17.2 Å². The van der Waals surface area contributed by atoms with Crippen LogP contribution in [0.3, 0.4) is 0 Å². The molecule has 2 rings (SSSR count). The van der Waals surface area contributed by atoms with Gasteiger partial charge in [0.25, 0.3) is 0 Å². The first-order valence-corrected chi connectivity index (χ1v) is 9.92. The van der Waals surface area contributed by atoms with Gasteiger partial charge in [-0.1, -0.05) is 6.07 Å². The highest BCUT2D eigenvalue weighted by atomic mass is 32.2. The summed E-state index contributed by atoms with van der Waals surface area (Å²) in [7, 11) is -6.95. The third-order valence-electron chi connectivity index (χ3n) is 3.88. The number of rotatable bonds is 4. The summed E-state index contributed by atoms with van der Waals surface area (Å²) >= 11 is 0. The van der Waals surface area contributed by atoms with Crippen molar-refractivity contribution in [1.82, 2.24) is 4.72 Å². The van der Waals surface area contributed by atoms with Crippen LogP contribution in [0.2, 0.25) is 0 Å². The fraction of sp³-hybridized carbons (Fsp3) is 0.538. The largest absolute Gasteiger partial charge is 0.398 e. The average molecular weight is 332 g/mol. The molecule has 1 aromatic carbocycles. The third kappa shape index (κ3) is 3.22. The SMILES string of the molecule is Cc1ccc(N)c(C)c1S(=O)(=O)NCC1CCCS1(=O)=O. The van der Waals surface area contributed by atoms with Crippen molar-refractivity contribution in [3.63, 3.8) is 0 Å². The van der Waals surface area contributed by atoms with Gasteiger partial charge in [-0.25, -0.2) is 21.6 Å². The third-order valence-corrected chi connectivity index (χ3v) is 7.87. The molecule has 0 bridgehead atoms. The quantitative estimate of drug-likeness (QED) is 0.791. The Labute approximate surface area is 125 Å². The van der Waals surface area contributed by atoms with E-state index < -0.39 is 25.1 Å². The van der Waals surface area contributed by atoms with Gasteiger partial charge in [0.15, 0.2) is 9.84 Å². The number of hydrogen-bond acceptors (Lipinski definition) is 5. The van der Waals surface area contributed by atoms with Gasteiger partial charge in [0.05, 0.1) is 15.9 Å². The second-order valence-electron chi connectivity index (χ2n) is 5.41. The van der Waals surface area contributed by atoms with Crippen molar-refractivity contribution in [3.05, 3.63) is 23.3 Å². The highest BCUT2D eigenvalue weighted by molar-refractivity contribution is 7.92. The number of aryl methyl sites for hydroxylation is 1. The van der Waals surface area contributed by atoms with Crippen molar-refractivity contribution in [3.8, 4) is 0 Å². The second kappa shape index (κ2) is 5.58. The van der Waals surface area contributed by atoms with Gasteiger partial charge in [0.2, 0.25) is 10.0 Å². The van der Waals surface area contributed by atoms with E-state index in [2.05, 4.69) is 4.72 Å². The topological polar surface area (TPSA) is 106 Å². The number of sulfonamides is 1. The zero-order valence-electron chi connectivity index (χ0n) is 12.1. The van der Waals surface area contributed by atoms with Crippen molar-refractivity contribution < 1.29 is 16.8 Å². The number of nitrogens with two attached hydrogens (primary N) is 1. The van der Waals surface area contributed by atoms with Crippen LogP contribution in [-0.2, 0) is 19.9 Å². The smallest absolute Gasteiger partial charge is 0.241 e. The Bertz CT molecular complexity index is 755. The fourth-order valence-electron chi connectivity index (χ4n) is 2.62. The number of hydrogen-bond donors (Lipinski definition) is 2. The summed E-state index contributed by atoms with van der Waals surface area (Å²) in [6, 6.07) is 3.30. The molecule has 8 heteroatoms. The van der Waals surface area contributed by atoms with Crippen LogP contribution in [-0.4, -0.2) is 34.4 Å². The Morgan fingerprint density at radius 2 is 2.00 bits per heavy atom. The Kier molecular flexibility index (Phi) is 4.32. The molecule has 6 nitrogen and oxygen atoms in total. The van der Waals surface area contributed by atoms with Crippen molar-refractivity contribution in [2.45, 2.75) is 36.8 Å². The van der Waals surface area contributed by atoms with Gasteiger partial charge in [0.1, 0.15) is 0 Å². The number of nitrogen functional groups attached to an aromatic ring is 1. The number of anilines is 1. The van der Waals surface area contributed by atoms with Gasteiger partial charge < -0.3 is 5.73 Å². The molecule has 0 aliphatic carbocycles. The number of sulfone groups is 1. The summed E-state index contributed by atoms with van der Waals surface area (Å²) in [5, 5.41) is -0.631. The molecule has 0 aromatic heterocycles. The lowest BCUT2D eigenvalue weighted by molar-refractivity contribution is 0.570. The van der Waals surface area contributed by atoms with E-state index in [1.807, 2.05) is 0 Å². The maximum atomic E-state index is 12.4. The molecule has 0 saturated carbocycles. The van der Waals surface area contributed by atoms with Crippen LogP contribution in [0.1, 0.15) is 24.0 Å². The minimum absolute atomic E-state index is 0.0850. The molecule has 1 aromatic rings. The van der Waals surface area contributed by atoms with E-state index in [9.17, 15) is 16.8 Å². The van der Waals surface area contributed by atoms with Gasteiger partial charge in [-0.15, -0.1) is 0 Å². The summed E-state index contributed by atoms with van der Waals surface area (Å²) in [5.74, 6) is 0.135. The molecule has 1 saturated heterocycles. The standard InChI is InChI=1S/C13H20N2O4S2/c1-9-5-6-12(14)10(2)13(9)21(18,19)15-8-11-4-3-7-20(11,16)17/h5-6,11,15H,3-4,7-8,14H2,1-2H3. The van der Waals surface area contributed by atoms with Crippen molar-refractivity contribution >= 4 is 25.5 Å². The summed E-state index contributed by atoms with van der Waals surface area (Å²) in [6.07, 6.45) is 1.09. The molecule has 0 spiro atoms. The van der Waals surface area contributed by atoms with Crippen LogP contribution >= 0.6 is 0 Å². The summed E-state index contributed by atoms with van der Waals surface area (Å²) in [6.45, 7) is 3.24. The Morgan fingerprint density at radius 1 is 1.33 bits per heavy atom. The van der Waals surface area contributed by atoms with E-state index >= 15 is 0 Å². The second-order valence-corrected chi connectivity index (χ2v) is 9.51. The van der Waals surface area contributed by atoms with E-state index in [4.69, 9.17) is 5.73 Å². The first-order valence-electron chi connectivity index (χ1n) is 6.72. The Balaban J connectivity index is 2.26. The first-order chi connectivity index (χ1) is 9.65. The van der Waals surface area contributed by atoms with Gasteiger partial charge in [-0.2, -0.15) is 0 Å². The molecule has 1 aliphatic heterocycles. The lowest BCUT2D eigenvalue weighted by atomic mass is 10.1. The van der Waals surface area contributed by atoms with Crippen molar-refractivity contribution in [1.29, 1.82) is 0 Å². The molecular weight excluding hydrogens is 312 g/mol. The predicted molar refractivity (Wildman–Crippen MR) is 82.3 cm³/mol. The minimum Gasteiger partial charge on any atom is -0.398 e. The maximum Gasteiger partial charge on any atom is 0.241 e. The molecule has 3 N–H and O–H groups in total. The Morgan fingerprint density at radius 3 is 2.57 bits per heavy atom. The predicted octanol–water partition coefficient (Wildman–Crippen LogP) is 0.741. The number of nitrogens with one attached hydrogen (secondary N) is 1. The minimum atomic E-state index is -3.78. The van der Waals surface area contributed by atoms with E-state index in [1.165, 1.54) is 0 Å². The lowest BCUT2D eigenvalue weighted by Gasteiger charge is -2.15. The van der Waals surface area contributed by atoms with Gasteiger partial charge in [-0.05, 0) is 43.9 Å². The average Bonchev–Trinajstić information content (AvgIpc) is 2.71. The van der Waals surface area contributed by atoms with E-state index in [1.54, 1.807) is 26.0 Å². The Hall–Kier alpha value is -1.12. The van der Waals surface area contributed by atoms with E-state index in [0.29, 0.717) is 29.7 Å². The summed E-state index contributed by atoms with van der Waals surface area (Å²) in [4.78, 5) is 0.137. The van der Waals surface area contributed by atoms with E-state index in [0.717, 1.165) is 0 Å². The van der Waals surface area contributed by atoms with Crippen LogP contribution in [0.15, 0.2) is 17.0 Å². The molecule has 21 heavy (non-hydrogen) atoms. The monoisotopic (exact) mass is 332 g/mol. The molecule has 0 amide bonds. The van der Waals surface area contributed by atoms with Crippen LogP contribution in [0.5, 0.6) is 0 Å². The van der Waals surface area contributed by atoms with Gasteiger partial charge in [0, 0.05) is 12.2 Å². The summed E-state index contributed by atoms with van der Waals surface area (Å²) in [5.41, 5.74) is 7.23.